The van der Waals surface area contributed by atoms with E-state index in [1.807, 2.05) is 0 Å². The summed E-state index contributed by atoms with van der Waals surface area (Å²) in [5, 5.41) is 3.10. The number of pyridine rings is 1. The van der Waals surface area contributed by atoms with E-state index >= 15 is 0 Å². The topological polar surface area (TPSA) is 80.0 Å². The molecule has 0 unspecified atom stereocenters. The summed E-state index contributed by atoms with van der Waals surface area (Å²) >= 11 is 7.71. The van der Waals surface area contributed by atoms with Gasteiger partial charge in [-0.15, -0.1) is 0 Å². The van der Waals surface area contributed by atoms with Crippen molar-refractivity contribution in [3.63, 3.8) is 0 Å². The van der Waals surface area contributed by atoms with Gasteiger partial charge in [0, 0.05) is 6.54 Å². The maximum atomic E-state index is 11.8. The highest BCUT2D eigenvalue weighted by atomic mass is 35.5. The number of anilines is 1. The summed E-state index contributed by atoms with van der Waals surface area (Å²) in [5.41, 5.74) is 2.57. The molecular formula is C11H17ClN4OS. The first-order chi connectivity index (χ1) is 8.69. The quantitative estimate of drug-likeness (QED) is 0.406. The zero-order valence-electron chi connectivity index (χ0n) is 10.2. The summed E-state index contributed by atoms with van der Waals surface area (Å²) in [5.74, 6) is 6.47. The molecule has 0 saturated heterocycles. The second-order valence-electron chi connectivity index (χ2n) is 3.63. The van der Waals surface area contributed by atoms with Gasteiger partial charge in [0.2, 0.25) is 0 Å². The van der Waals surface area contributed by atoms with E-state index in [0.29, 0.717) is 17.4 Å². The Labute approximate surface area is 116 Å². The Morgan fingerprint density at radius 3 is 2.94 bits per heavy atom. The summed E-state index contributed by atoms with van der Waals surface area (Å²) in [4.78, 5) is 15.9. The van der Waals surface area contributed by atoms with Crippen molar-refractivity contribution in [3.8, 4) is 0 Å². The number of carbonyl (C=O) groups excluding carboxylic acids is 1. The summed E-state index contributed by atoms with van der Waals surface area (Å²) in [6, 6.07) is 3.20. The summed E-state index contributed by atoms with van der Waals surface area (Å²) < 4.78 is 0. The number of amides is 1. The number of nitrogen functional groups attached to an aromatic ring is 1. The Kier molecular flexibility index (Phi) is 6.85. The molecule has 1 heterocycles. The van der Waals surface area contributed by atoms with E-state index in [4.69, 9.17) is 17.4 Å². The smallest absolute Gasteiger partial charge is 0.271 e. The van der Waals surface area contributed by atoms with Crippen molar-refractivity contribution in [2.24, 2.45) is 5.84 Å². The van der Waals surface area contributed by atoms with Gasteiger partial charge in [0.25, 0.3) is 5.91 Å². The molecular weight excluding hydrogens is 272 g/mol. The molecule has 0 aliphatic heterocycles. The fraction of sp³-hybridized carbons (Fsp3) is 0.455. The molecule has 0 atom stereocenters. The molecule has 1 rings (SSSR count). The van der Waals surface area contributed by atoms with Crippen LogP contribution in [0.1, 0.15) is 23.3 Å². The molecule has 0 radical (unpaired) electrons. The Bertz CT molecular complexity index is 403. The highest BCUT2D eigenvalue weighted by Crippen LogP contribution is 2.16. The van der Waals surface area contributed by atoms with Crippen LogP contribution in [-0.2, 0) is 0 Å². The van der Waals surface area contributed by atoms with Gasteiger partial charge in [0.05, 0.1) is 5.02 Å². The lowest BCUT2D eigenvalue weighted by Gasteiger charge is -2.07. The van der Waals surface area contributed by atoms with Crippen LogP contribution >= 0.6 is 23.4 Å². The van der Waals surface area contributed by atoms with Crippen LogP contribution in [0.5, 0.6) is 0 Å². The van der Waals surface area contributed by atoms with E-state index in [1.165, 1.54) is 0 Å². The largest absolute Gasteiger partial charge is 0.351 e. The number of hydrogen-bond acceptors (Lipinski definition) is 5. The number of rotatable bonds is 7. The maximum absolute atomic E-state index is 11.8. The summed E-state index contributed by atoms with van der Waals surface area (Å²) in [6.07, 6.45) is 4.08. The van der Waals surface area contributed by atoms with Crippen molar-refractivity contribution in [1.82, 2.24) is 10.3 Å². The molecule has 0 bridgehead atoms. The average Bonchev–Trinajstić information content (AvgIpc) is 2.39. The highest BCUT2D eigenvalue weighted by Gasteiger charge is 2.12. The number of nitrogens with one attached hydrogen (secondary N) is 2. The van der Waals surface area contributed by atoms with Crippen molar-refractivity contribution in [2.45, 2.75) is 12.8 Å². The number of thioether (sulfide) groups is 1. The second kappa shape index (κ2) is 8.18. The third-order valence-electron chi connectivity index (χ3n) is 2.27. The Morgan fingerprint density at radius 2 is 2.28 bits per heavy atom. The lowest BCUT2D eigenvalue weighted by Crippen LogP contribution is -2.26. The highest BCUT2D eigenvalue weighted by molar-refractivity contribution is 7.98. The Morgan fingerprint density at radius 1 is 1.50 bits per heavy atom. The van der Waals surface area contributed by atoms with Crippen LogP contribution in [-0.4, -0.2) is 29.4 Å². The molecule has 0 aliphatic carbocycles. The first kappa shape index (κ1) is 15.1. The average molecular weight is 289 g/mol. The lowest BCUT2D eigenvalue weighted by molar-refractivity contribution is 0.0948. The number of nitrogens with zero attached hydrogens (tertiary/aromatic N) is 1. The van der Waals surface area contributed by atoms with Gasteiger partial charge in [0.15, 0.2) is 0 Å². The third kappa shape index (κ3) is 4.72. The van der Waals surface area contributed by atoms with Crippen molar-refractivity contribution < 1.29 is 4.79 Å². The van der Waals surface area contributed by atoms with Crippen LogP contribution in [0.25, 0.3) is 0 Å². The van der Waals surface area contributed by atoms with E-state index in [9.17, 15) is 4.79 Å². The molecule has 1 amide bonds. The number of halogens is 1. The molecule has 0 saturated carbocycles. The van der Waals surface area contributed by atoms with E-state index in [2.05, 4.69) is 22.0 Å². The number of carbonyl (C=O) groups is 1. The zero-order chi connectivity index (χ0) is 13.4. The first-order valence-electron chi connectivity index (χ1n) is 5.59. The van der Waals surface area contributed by atoms with Gasteiger partial charge in [-0.25, -0.2) is 10.8 Å². The maximum Gasteiger partial charge on any atom is 0.271 e. The van der Waals surface area contributed by atoms with Crippen LogP contribution in [0.2, 0.25) is 5.02 Å². The van der Waals surface area contributed by atoms with Crippen molar-refractivity contribution in [2.75, 3.05) is 24.0 Å². The van der Waals surface area contributed by atoms with Gasteiger partial charge in [-0.3, -0.25) is 4.79 Å². The minimum absolute atomic E-state index is 0.192. The number of hydrogen-bond donors (Lipinski definition) is 3. The molecule has 0 spiro atoms. The number of nitrogens with two attached hydrogens (primary N) is 1. The standard InChI is InChI=1S/C11H17ClN4OS/c1-18-7-3-2-6-14-11(17)10-8(12)4-5-9(15-10)16-13/h4-5H,2-3,6-7,13H2,1H3,(H,14,17)(H,15,16). The fourth-order valence-corrected chi connectivity index (χ4v) is 2.02. The molecule has 0 aliphatic rings. The van der Waals surface area contributed by atoms with Gasteiger partial charge >= 0.3 is 0 Å². The van der Waals surface area contributed by atoms with Crippen molar-refractivity contribution in [1.29, 1.82) is 0 Å². The first-order valence-corrected chi connectivity index (χ1v) is 7.36. The molecule has 0 fully saturated rings. The van der Waals surface area contributed by atoms with E-state index in [1.54, 1.807) is 23.9 Å². The minimum atomic E-state index is -0.277. The minimum Gasteiger partial charge on any atom is -0.351 e. The van der Waals surface area contributed by atoms with Crippen LogP contribution < -0.4 is 16.6 Å². The summed E-state index contributed by atoms with van der Waals surface area (Å²) in [7, 11) is 0. The van der Waals surface area contributed by atoms with Gasteiger partial charge in [-0.2, -0.15) is 11.8 Å². The van der Waals surface area contributed by atoms with Gasteiger partial charge in [0.1, 0.15) is 11.5 Å². The van der Waals surface area contributed by atoms with Gasteiger partial charge in [-0.05, 0) is 37.0 Å². The van der Waals surface area contributed by atoms with E-state index in [-0.39, 0.29) is 11.6 Å². The SMILES string of the molecule is CSCCCCNC(=O)c1nc(NN)ccc1Cl. The molecule has 1 aromatic heterocycles. The fourth-order valence-electron chi connectivity index (χ4n) is 1.34. The molecule has 100 valence electrons. The van der Waals surface area contributed by atoms with Gasteiger partial charge < -0.3 is 10.7 Å². The molecule has 4 N–H and O–H groups in total. The monoisotopic (exact) mass is 288 g/mol. The van der Waals surface area contributed by atoms with E-state index < -0.39 is 0 Å². The molecule has 7 heteroatoms. The number of hydrazine groups is 1. The lowest BCUT2D eigenvalue weighted by atomic mass is 10.3. The van der Waals surface area contributed by atoms with Crippen LogP contribution in [0, 0.1) is 0 Å². The molecule has 5 nitrogen and oxygen atoms in total. The van der Waals surface area contributed by atoms with Crippen LogP contribution in [0.3, 0.4) is 0 Å². The number of aromatic nitrogens is 1. The third-order valence-corrected chi connectivity index (χ3v) is 3.27. The number of unbranched alkanes of at least 4 members (excludes halogenated alkanes) is 1. The molecule has 18 heavy (non-hydrogen) atoms. The normalized spacial score (nSPS) is 10.2. The van der Waals surface area contributed by atoms with Crippen LogP contribution in [0.4, 0.5) is 5.82 Å². The Hall–Kier alpha value is -0.980. The predicted molar refractivity (Wildman–Crippen MR) is 77.0 cm³/mol. The van der Waals surface area contributed by atoms with Crippen molar-refractivity contribution in [3.05, 3.63) is 22.8 Å². The Balaban J connectivity index is 2.50. The summed E-state index contributed by atoms with van der Waals surface area (Å²) in [6.45, 7) is 0.623. The van der Waals surface area contributed by atoms with Gasteiger partial charge in [-0.1, -0.05) is 11.6 Å². The second-order valence-corrected chi connectivity index (χ2v) is 5.02. The van der Waals surface area contributed by atoms with Crippen molar-refractivity contribution >= 4 is 35.1 Å². The van der Waals surface area contributed by atoms with E-state index in [0.717, 1.165) is 18.6 Å². The predicted octanol–water partition coefficient (Wildman–Crippen LogP) is 1.89. The van der Waals surface area contributed by atoms with Crippen LogP contribution in [0.15, 0.2) is 12.1 Å². The molecule has 0 aromatic carbocycles. The zero-order valence-corrected chi connectivity index (χ0v) is 11.8. The molecule has 1 aromatic rings.